The number of aromatic amines is 1. The number of hydrogen-bond donors (Lipinski definition) is 2. The number of nitrogens with one attached hydrogen (secondary N) is 1. The summed E-state index contributed by atoms with van der Waals surface area (Å²) in [6.45, 7) is 0.156. The number of fused-ring (bicyclic) bond motifs is 1. The first-order valence-electron chi connectivity index (χ1n) is 5.71. The first-order chi connectivity index (χ1) is 9.15. The standard InChI is InChI=1S/C13H16N2O4/c1-17-10-5-9-8(11(18-2)12(10)19-3)4-7(6-14)13(16)15-9/h4-5H,6,14H2,1-3H3,(H,15,16). The average Bonchev–Trinajstić information content (AvgIpc) is 2.44. The molecule has 3 N–H and O–H groups in total. The van der Waals surface area contributed by atoms with Gasteiger partial charge in [0, 0.05) is 23.6 Å². The number of aromatic nitrogens is 1. The molecule has 1 aromatic heterocycles. The number of benzene rings is 1. The maximum Gasteiger partial charge on any atom is 0.252 e. The molecule has 19 heavy (non-hydrogen) atoms. The molecule has 0 saturated carbocycles. The van der Waals surface area contributed by atoms with Crippen LogP contribution >= 0.6 is 0 Å². The molecular formula is C13H16N2O4. The average molecular weight is 264 g/mol. The number of rotatable bonds is 4. The molecule has 0 fully saturated rings. The van der Waals surface area contributed by atoms with Gasteiger partial charge in [-0.3, -0.25) is 4.79 Å². The minimum Gasteiger partial charge on any atom is -0.493 e. The maximum absolute atomic E-state index is 11.8. The molecule has 6 nitrogen and oxygen atoms in total. The van der Waals surface area contributed by atoms with Gasteiger partial charge < -0.3 is 24.9 Å². The van der Waals surface area contributed by atoms with E-state index in [1.807, 2.05) is 0 Å². The molecule has 0 bridgehead atoms. The Hall–Kier alpha value is -2.21. The van der Waals surface area contributed by atoms with Crippen molar-refractivity contribution in [2.24, 2.45) is 5.73 Å². The van der Waals surface area contributed by atoms with E-state index in [0.29, 0.717) is 28.3 Å². The molecule has 1 aromatic carbocycles. The number of pyridine rings is 1. The van der Waals surface area contributed by atoms with Crippen LogP contribution in [-0.2, 0) is 6.54 Å². The van der Waals surface area contributed by atoms with Crippen LogP contribution in [0.2, 0.25) is 0 Å². The first-order valence-corrected chi connectivity index (χ1v) is 5.71. The van der Waals surface area contributed by atoms with E-state index in [4.69, 9.17) is 19.9 Å². The lowest BCUT2D eigenvalue weighted by Gasteiger charge is -2.15. The highest BCUT2D eigenvalue weighted by atomic mass is 16.5. The third kappa shape index (κ3) is 2.10. The Kier molecular flexibility index (Phi) is 3.62. The van der Waals surface area contributed by atoms with Gasteiger partial charge in [0.15, 0.2) is 11.5 Å². The van der Waals surface area contributed by atoms with Gasteiger partial charge in [0.05, 0.1) is 26.8 Å². The van der Waals surface area contributed by atoms with Gasteiger partial charge in [-0.15, -0.1) is 0 Å². The zero-order valence-electron chi connectivity index (χ0n) is 11.1. The van der Waals surface area contributed by atoms with E-state index in [2.05, 4.69) is 4.98 Å². The normalized spacial score (nSPS) is 10.5. The van der Waals surface area contributed by atoms with Crippen molar-refractivity contribution in [3.63, 3.8) is 0 Å². The van der Waals surface area contributed by atoms with Crippen molar-refractivity contribution in [1.82, 2.24) is 4.98 Å². The number of H-pyrrole nitrogens is 1. The molecule has 0 atom stereocenters. The molecule has 0 spiro atoms. The monoisotopic (exact) mass is 264 g/mol. The minimum atomic E-state index is -0.218. The smallest absolute Gasteiger partial charge is 0.252 e. The summed E-state index contributed by atoms with van der Waals surface area (Å²) >= 11 is 0. The van der Waals surface area contributed by atoms with Gasteiger partial charge in [-0.1, -0.05) is 0 Å². The molecule has 1 heterocycles. The molecule has 0 amide bonds. The fourth-order valence-corrected chi connectivity index (χ4v) is 2.02. The highest BCUT2D eigenvalue weighted by Gasteiger charge is 2.17. The van der Waals surface area contributed by atoms with E-state index >= 15 is 0 Å². The first kappa shape index (κ1) is 13.2. The SMILES string of the molecule is COc1cc2[nH]c(=O)c(CN)cc2c(OC)c1OC. The van der Waals surface area contributed by atoms with Crippen LogP contribution < -0.4 is 25.5 Å². The molecule has 0 radical (unpaired) electrons. The van der Waals surface area contributed by atoms with E-state index in [9.17, 15) is 4.79 Å². The molecule has 0 saturated heterocycles. The number of hydrogen-bond acceptors (Lipinski definition) is 5. The highest BCUT2D eigenvalue weighted by Crippen LogP contribution is 2.42. The Morgan fingerprint density at radius 1 is 1.11 bits per heavy atom. The van der Waals surface area contributed by atoms with Crippen LogP contribution in [0.3, 0.4) is 0 Å². The van der Waals surface area contributed by atoms with Gasteiger partial charge in [-0.2, -0.15) is 0 Å². The van der Waals surface area contributed by atoms with Crippen LogP contribution in [0.5, 0.6) is 17.2 Å². The Morgan fingerprint density at radius 2 is 1.79 bits per heavy atom. The van der Waals surface area contributed by atoms with Crippen molar-refractivity contribution in [2.45, 2.75) is 6.54 Å². The van der Waals surface area contributed by atoms with Gasteiger partial charge in [0.1, 0.15) is 0 Å². The lowest BCUT2D eigenvalue weighted by atomic mass is 10.1. The third-order valence-electron chi connectivity index (χ3n) is 2.95. The Morgan fingerprint density at radius 3 is 2.32 bits per heavy atom. The molecule has 0 aliphatic carbocycles. The minimum absolute atomic E-state index is 0.156. The summed E-state index contributed by atoms with van der Waals surface area (Å²) in [5.41, 5.74) is 6.42. The van der Waals surface area contributed by atoms with E-state index < -0.39 is 0 Å². The van der Waals surface area contributed by atoms with Crippen molar-refractivity contribution in [2.75, 3.05) is 21.3 Å². The van der Waals surface area contributed by atoms with Gasteiger partial charge in [0.2, 0.25) is 5.75 Å². The molecular weight excluding hydrogens is 248 g/mol. The van der Waals surface area contributed by atoms with Gasteiger partial charge in [-0.25, -0.2) is 0 Å². The van der Waals surface area contributed by atoms with Crippen LogP contribution in [0.25, 0.3) is 10.9 Å². The summed E-state index contributed by atoms with van der Waals surface area (Å²) in [6.07, 6.45) is 0. The van der Waals surface area contributed by atoms with E-state index in [1.165, 1.54) is 21.3 Å². The van der Waals surface area contributed by atoms with Crippen LogP contribution in [0, 0.1) is 0 Å². The Balaban J connectivity index is 2.89. The zero-order chi connectivity index (χ0) is 14.0. The fourth-order valence-electron chi connectivity index (χ4n) is 2.02. The summed E-state index contributed by atoms with van der Waals surface area (Å²) < 4.78 is 15.9. The largest absolute Gasteiger partial charge is 0.493 e. The van der Waals surface area contributed by atoms with Gasteiger partial charge in [0.25, 0.3) is 5.56 Å². The third-order valence-corrected chi connectivity index (χ3v) is 2.95. The second-order valence-corrected chi connectivity index (χ2v) is 3.93. The summed E-state index contributed by atoms with van der Waals surface area (Å²) in [6, 6.07) is 3.40. The Bertz CT molecular complexity index is 664. The number of nitrogens with two attached hydrogens (primary N) is 1. The van der Waals surface area contributed by atoms with Crippen LogP contribution in [-0.4, -0.2) is 26.3 Å². The molecule has 2 rings (SSSR count). The van der Waals surface area contributed by atoms with Crippen molar-refractivity contribution < 1.29 is 14.2 Å². The molecule has 0 unspecified atom stereocenters. The van der Waals surface area contributed by atoms with E-state index in [-0.39, 0.29) is 12.1 Å². The van der Waals surface area contributed by atoms with Crippen molar-refractivity contribution in [3.05, 3.63) is 28.0 Å². The number of ether oxygens (including phenoxy) is 3. The Labute approximate surface area is 110 Å². The highest BCUT2D eigenvalue weighted by molar-refractivity contribution is 5.90. The molecule has 102 valence electrons. The molecule has 0 aliphatic heterocycles. The van der Waals surface area contributed by atoms with Gasteiger partial charge >= 0.3 is 0 Å². The van der Waals surface area contributed by atoms with Crippen molar-refractivity contribution in [1.29, 1.82) is 0 Å². The quantitative estimate of drug-likeness (QED) is 0.860. The summed E-state index contributed by atoms with van der Waals surface area (Å²) in [4.78, 5) is 14.5. The predicted molar refractivity (Wildman–Crippen MR) is 72.1 cm³/mol. The predicted octanol–water partition coefficient (Wildman–Crippen LogP) is 1.01. The lowest BCUT2D eigenvalue weighted by Crippen LogP contribution is -2.15. The summed E-state index contributed by atoms with van der Waals surface area (Å²) in [7, 11) is 4.58. The van der Waals surface area contributed by atoms with Crippen LogP contribution in [0.4, 0.5) is 0 Å². The van der Waals surface area contributed by atoms with Crippen LogP contribution in [0.15, 0.2) is 16.9 Å². The van der Waals surface area contributed by atoms with E-state index in [0.717, 1.165) is 5.39 Å². The van der Waals surface area contributed by atoms with Gasteiger partial charge in [-0.05, 0) is 6.07 Å². The maximum atomic E-state index is 11.8. The summed E-state index contributed by atoms with van der Waals surface area (Å²) in [5, 5.41) is 0.722. The number of methoxy groups -OCH3 is 3. The summed E-state index contributed by atoms with van der Waals surface area (Å²) in [5.74, 6) is 1.47. The van der Waals surface area contributed by atoms with Crippen molar-refractivity contribution in [3.8, 4) is 17.2 Å². The lowest BCUT2D eigenvalue weighted by molar-refractivity contribution is 0.327. The van der Waals surface area contributed by atoms with Crippen LogP contribution in [0.1, 0.15) is 5.56 Å². The topological polar surface area (TPSA) is 86.6 Å². The second-order valence-electron chi connectivity index (χ2n) is 3.93. The molecule has 6 heteroatoms. The zero-order valence-corrected chi connectivity index (χ0v) is 11.1. The second kappa shape index (κ2) is 5.19. The molecule has 2 aromatic rings. The van der Waals surface area contributed by atoms with E-state index in [1.54, 1.807) is 12.1 Å². The molecule has 0 aliphatic rings. The van der Waals surface area contributed by atoms with Crippen molar-refractivity contribution >= 4 is 10.9 Å². The fraction of sp³-hybridized carbons (Fsp3) is 0.308.